The van der Waals surface area contributed by atoms with E-state index in [4.69, 9.17) is 8.58 Å². The van der Waals surface area contributed by atoms with Crippen LogP contribution in [0.4, 0.5) is 0 Å². The highest BCUT2D eigenvalue weighted by molar-refractivity contribution is 7.95. The normalized spacial score (nSPS) is 29.3. The maximum absolute atomic E-state index is 13.9. The molecule has 4 nitrogen and oxygen atoms in total. The molecule has 2 aliphatic rings. The molecular weight excluding hydrogens is 465 g/mol. The van der Waals surface area contributed by atoms with Gasteiger partial charge in [-0.1, -0.05) is 78.8 Å². The average molecular weight is 512 g/mol. The lowest BCUT2D eigenvalue weighted by molar-refractivity contribution is 0.0237. The summed E-state index contributed by atoms with van der Waals surface area (Å²) in [5.74, 6) is 0.626. The Labute approximate surface area is 204 Å². The second-order valence-corrected chi connectivity index (χ2v) is 23.4. The Morgan fingerprint density at radius 1 is 1.18 bits per heavy atom. The van der Waals surface area contributed by atoms with E-state index < -0.39 is 25.4 Å². The third-order valence-corrected chi connectivity index (χ3v) is 20.7. The summed E-state index contributed by atoms with van der Waals surface area (Å²) in [7, 11) is -7.90. The molecule has 0 saturated heterocycles. The molecule has 0 radical (unpaired) electrons. The third-order valence-electron chi connectivity index (χ3n) is 9.62. The van der Waals surface area contributed by atoms with Crippen molar-refractivity contribution in [3.8, 4) is 0 Å². The zero-order valence-corrected chi connectivity index (χ0v) is 25.2. The molecule has 33 heavy (non-hydrogen) atoms. The van der Waals surface area contributed by atoms with Gasteiger partial charge in [-0.25, -0.2) is 8.42 Å². The Kier molecular flexibility index (Phi) is 7.08. The fraction of sp³-hybridized carbons (Fsp3) is 0.769. The molecule has 0 aromatic heterocycles. The Morgan fingerprint density at radius 3 is 2.24 bits per heavy atom. The summed E-state index contributed by atoms with van der Waals surface area (Å²) in [5.41, 5.74) is -0.268. The van der Waals surface area contributed by atoms with Crippen molar-refractivity contribution in [1.29, 1.82) is 0 Å². The standard InChI is InChI=1S/C26H46NO3PSSi/c1-20(2)31(8,22-14-12-11-13-15-22)27-32(28,29)19-26-17-16-21(25(26,6)7)18-23(26)30-33(9,10)24(3,4)5/h11-15,20-21,23H,16-19H2,1-10H3/t21-,23-,26-,31-/m1/s1. The van der Waals surface area contributed by atoms with Crippen LogP contribution in [-0.2, 0) is 14.4 Å². The van der Waals surface area contributed by atoms with Crippen LogP contribution in [0.5, 0.6) is 0 Å². The van der Waals surface area contributed by atoms with Crippen LogP contribution >= 0.6 is 7.05 Å². The van der Waals surface area contributed by atoms with Crippen molar-refractivity contribution < 1.29 is 12.8 Å². The molecule has 7 heteroatoms. The summed E-state index contributed by atoms with van der Waals surface area (Å²) in [4.78, 5) is 0. The zero-order chi connectivity index (χ0) is 25.1. The highest BCUT2D eigenvalue weighted by Gasteiger charge is 2.66. The molecule has 2 fully saturated rings. The van der Waals surface area contributed by atoms with Crippen molar-refractivity contribution in [2.45, 2.75) is 97.6 Å². The van der Waals surface area contributed by atoms with E-state index in [0.717, 1.165) is 24.6 Å². The fourth-order valence-corrected chi connectivity index (χ4v) is 13.4. The summed E-state index contributed by atoms with van der Waals surface area (Å²) in [6.07, 6.45) is 2.98. The molecule has 0 unspecified atom stereocenters. The maximum Gasteiger partial charge on any atom is 0.252 e. The predicted octanol–water partition coefficient (Wildman–Crippen LogP) is 7.10. The Balaban J connectivity index is 2.05. The number of hydrogen-bond acceptors (Lipinski definition) is 3. The number of hydrogen-bond donors (Lipinski definition) is 0. The number of nitrogens with zero attached hydrogens (tertiary/aromatic N) is 1. The van der Waals surface area contributed by atoms with Crippen molar-refractivity contribution in [3.63, 3.8) is 0 Å². The molecular formula is C26H46NO3PSSi. The van der Waals surface area contributed by atoms with Crippen molar-refractivity contribution in [1.82, 2.24) is 0 Å². The Hall–Kier alpha value is -0.423. The summed E-state index contributed by atoms with van der Waals surface area (Å²) < 4.78 is 39.5. The van der Waals surface area contributed by atoms with Gasteiger partial charge in [0.05, 0.1) is 11.9 Å². The largest absolute Gasteiger partial charge is 0.413 e. The molecule has 4 atom stereocenters. The monoisotopic (exact) mass is 511 g/mol. The molecule has 2 saturated carbocycles. The first-order valence-electron chi connectivity index (χ1n) is 12.4. The van der Waals surface area contributed by atoms with E-state index in [1.54, 1.807) is 0 Å². The van der Waals surface area contributed by atoms with Crippen LogP contribution in [0.2, 0.25) is 18.1 Å². The van der Waals surface area contributed by atoms with Gasteiger partial charge in [-0.3, -0.25) is 0 Å². The molecule has 1 aromatic carbocycles. The quantitative estimate of drug-likeness (QED) is 0.290. The number of sulfonamides is 1. The topological polar surface area (TPSA) is 55.7 Å². The lowest BCUT2D eigenvalue weighted by atomic mass is 9.70. The maximum atomic E-state index is 13.9. The van der Waals surface area contributed by atoms with E-state index >= 15 is 0 Å². The van der Waals surface area contributed by atoms with Gasteiger partial charge in [0.1, 0.15) is 0 Å². The molecule has 0 spiro atoms. The van der Waals surface area contributed by atoms with Crippen molar-refractivity contribution >= 4 is 30.7 Å². The smallest absolute Gasteiger partial charge is 0.252 e. The second-order valence-electron chi connectivity index (χ2n) is 13.0. The van der Waals surface area contributed by atoms with E-state index in [0.29, 0.717) is 5.92 Å². The Bertz CT molecular complexity index is 1030. The van der Waals surface area contributed by atoms with Crippen molar-refractivity contribution in [3.05, 3.63) is 30.3 Å². The minimum Gasteiger partial charge on any atom is -0.413 e. The van der Waals surface area contributed by atoms with E-state index in [-0.39, 0.29) is 33.4 Å². The molecule has 0 N–H and O–H groups in total. The Morgan fingerprint density at radius 2 is 1.76 bits per heavy atom. The lowest BCUT2D eigenvalue weighted by Gasteiger charge is -2.47. The first-order chi connectivity index (χ1) is 14.9. The van der Waals surface area contributed by atoms with Crippen LogP contribution in [0.3, 0.4) is 0 Å². The van der Waals surface area contributed by atoms with Crippen LogP contribution in [0.25, 0.3) is 0 Å². The molecule has 3 rings (SSSR count). The molecule has 0 amide bonds. The minimum atomic E-state index is -3.64. The SMILES string of the molecule is CC(C)[P@@](C)(=NS(=O)(=O)C[C@]12CC[C@H](C[C@H]1O[Si](C)(C)C(C)(C)C)C2(C)C)c1ccccc1. The van der Waals surface area contributed by atoms with Gasteiger partial charge < -0.3 is 4.43 Å². The van der Waals surface area contributed by atoms with Gasteiger partial charge >= 0.3 is 0 Å². The molecule has 1 aromatic rings. The molecule has 188 valence electrons. The van der Waals surface area contributed by atoms with E-state index in [1.807, 2.05) is 30.3 Å². The molecule has 0 heterocycles. The summed E-state index contributed by atoms with van der Waals surface area (Å²) in [6, 6.07) is 10.0. The first-order valence-corrected chi connectivity index (χ1v) is 19.2. The van der Waals surface area contributed by atoms with Crippen molar-refractivity contribution in [2.24, 2.45) is 20.9 Å². The first kappa shape index (κ1) is 27.2. The van der Waals surface area contributed by atoms with Gasteiger partial charge in [0.25, 0.3) is 10.0 Å². The van der Waals surface area contributed by atoms with Gasteiger partial charge in [-0.2, -0.15) is 4.15 Å². The third kappa shape index (κ3) is 4.71. The van der Waals surface area contributed by atoms with Gasteiger partial charge in [0.15, 0.2) is 8.32 Å². The average Bonchev–Trinajstić information content (AvgIpc) is 3.01. The highest BCUT2D eigenvalue weighted by Crippen LogP contribution is 2.68. The van der Waals surface area contributed by atoms with Crippen LogP contribution in [0.15, 0.2) is 34.5 Å². The van der Waals surface area contributed by atoms with Gasteiger partial charge in [-0.15, -0.1) is 0 Å². The van der Waals surface area contributed by atoms with Gasteiger partial charge in [0, 0.05) is 12.5 Å². The van der Waals surface area contributed by atoms with E-state index in [9.17, 15) is 8.42 Å². The summed E-state index contributed by atoms with van der Waals surface area (Å²) in [6.45, 7) is 22.2. The van der Waals surface area contributed by atoms with Crippen molar-refractivity contribution in [2.75, 3.05) is 12.4 Å². The molecule has 2 aliphatic carbocycles. The highest BCUT2D eigenvalue weighted by atomic mass is 32.2. The predicted molar refractivity (Wildman–Crippen MR) is 146 cm³/mol. The van der Waals surface area contributed by atoms with Crippen LogP contribution in [0, 0.1) is 16.7 Å². The summed E-state index contributed by atoms with van der Waals surface area (Å²) in [5, 5.41) is 1.16. The number of benzene rings is 1. The van der Waals surface area contributed by atoms with Gasteiger partial charge in [-0.05, 0) is 66.4 Å². The van der Waals surface area contributed by atoms with Crippen LogP contribution in [-0.4, -0.2) is 40.9 Å². The number of fused-ring (bicyclic) bond motifs is 2. The van der Waals surface area contributed by atoms with E-state index in [1.165, 1.54) is 0 Å². The number of rotatable bonds is 7. The van der Waals surface area contributed by atoms with Crippen LogP contribution < -0.4 is 5.30 Å². The van der Waals surface area contributed by atoms with Crippen LogP contribution in [0.1, 0.15) is 67.7 Å². The molecule has 2 bridgehead atoms. The second kappa shape index (κ2) is 8.60. The fourth-order valence-electron chi connectivity index (χ4n) is 5.82. The summed E-state index contributed by atoms with van der Waals surface area (Å²) >= 11 is 0. The minimum absolute atomic E-state index is 0.00233. The zero-order valence-electron chi connectivity index (χ0n) is 22.5. The van der Waals surface area contributed by atoms with Gasteiger partial charge in [0.2, 0.25) is 0 Å². The molecule has 0 aliphatic heterocycles. The van der Waals surface area contributed by atoms with E-state index in [2.05, 4.69) is 68.2 Å². The lowest BCUT2D eigenvalue weighted by Crippen LogP contribution is -2.52.